The second-order valence-electron chi connectivity index (χ2n) is 7.95. The van der Waals surface area contributed by atoms with Gasteiger partial charge in [-0.1, -0.05) is 23.9 Å². The first kappa shape index (κ1) is 23.0. The summed E-state index contributed by atoms with van der Waals surface area (Å²) in [7, 11) is 3.17. The van der Waals surface area contributed by atoms with E-state index in [1.165, 1.54) is 18.1 Å². The standard InChI is InChI=1S/C25H23N3O6S/c1-31-19-9-15-7-8-28(11-16(15)10-20(19)32-2)21(29)12-33-22(30)13-35-25-24-23(26-14-27-25)17-5-3-4-6-18(17)34-24/h3-6,9-10,14H,7-8,11-13H2,1-2H3. The van der Waals surface area contributed by atoms with Crippen LogP contribution in [0.2, 0.25) is 0 Å². The van der Waals surface area contributed by atoms with Crippen LogP contribution in [0.25, 0.3) is 22.1 Å². The van der Waals surface area contributed by atoms with Crippen molar-refractivity contribution in [3.8, 4) is 11.5 Å². The number of carbonyl (C=O) groups excluding carboxylic acids is 2. The summed E-state index contributed by atoms with van der Waals surface area (Å²) in [4.78, 5) is 35.3. The molecule has 10 heteroatoms. The number of hydrogen-bond donors (Lipinski definition) is 0. The fraction of sp³-hybridized carbons (Fsp3) is 0.280. The lowest BCUT2D eigenvalue weighted by Gasteiger charge is -2.29. The topological polar surface area (TPSA) is 104 Å². The van der Waals surface area contributed by atoms with E-state index in [4.69, 9.17) is 18.6 Å². The number of carbonyl (C=O) groups is 2. The normalized spacial score (nSPS) is 13.0. The van der Waals surface area contributed by atoms with Crippen LogP contribution in [-0.4, -0.2) is 59.9 Å². The minimum atomic E-state index is -0.505. The van der Waals surface area contributed by atoms with Crippen molar-refractivity contribution in [1.29, 1.82) is 0 Å². The molecular weight excluding hydrogens is 470 g/mol. The van der Waals surface area contributed by atoms with E-state index in [0.717, 1.165) is 16.5 Å². The average Bonchev–Trinajstić information content (AvgIpc) is 3.28. The Balaban J connectivity index is 1.17. The molecule has 180 valence electrons. The molecule has 0 radical (unpaired) electrons. The highest BCUT2D eigenvalue weighted by molar-refractivity contribution is 8.00. The highest BCUT2D eigenvalue weighted by atomic mass is 32.2. The van der Waals surface area contributed by atoms with Crippen LogP contribution in [0.5, 0.6) is 11.5 Å². The summed E-state index contributed by atoms with van der Waals surface area (Å²) < 4.78 is 21.9. The molecule has 0 aliphatic carbocycles. The highest BCUT2D eigenvalue weighted by Crippen LogP contribution is 2.34. The van der Waals surface area contributed by atoms with Gasteiger partial charge in [-0.2, -0.15) is 0 Å². The van der Waals surface area contributed by atoms with Gasteiger partial charge in [0.2, 0.25) is 0 Å². The minimum absolute atomic E-state index is 0.00370. The molecule has 0 atom stereocenters. The maximum absolute atomic E-state index is 12.7. The lowest BCUT2D eigenvalue weighted by molar-refractivity contribution is -0.150. The molecular formula is C25H23N3O6S. The Morgan fingerprint density at radius 3 is 2.66 bits per heavy atom. The first-order valence-electron chi connectivity index (χ1n) is 11.0. The molecule has 4 aromatic rings. The Morgan fingerprint density at radius 2 is 1.86 bits per heavy atom. The van der Waals surface area contributed by atoms with E-state index in [9.17, 15) is 9.59 Å². The van der Waals surface area contributed by atoms with Crippen LogP contribution in [0.4, 0.5) is 0 Å². The predicted molar refractivity (Wildman–Crippen MR) is 130 cm³/mol. The van der Waals surface area contributed by atoms with Gasteiger partial charge >= 0.3 is 5.97 Å². The van der Waals surface area contributed by atoms with E-state index in [0.29, 0.717) is 52.7 Å². The third-order valence-corrected chi connectivity index (χ3v) is 6.82. The molecule has 1 aliphatic heterocycles. The lowest BCUT2D eigenvalue weighted by atomic mass is 9.99. The number of thioether (sulfide) groups is 1. The van der Waals surface area contributed by atoms with Crippen molar-refractivity contribution >= 4 is 45.7 Å². The number of benzene rings is 2. The Morgan fingerprint density at radius 1 is 1.09 bits per heavy atom. The number of aromatic nitrogens is 2. The van der Waals surface area contributed by atoms with Gasteiger partial charge in [-0.05, 0) is 41.8 Å². The van der Waals surface area contributed by atoms with E-state index in [2.05, 4.69) is 9.97 Å². The molecule has 0 spiro atoms. The molecule has 3 heterocycles. The van der Waals surface area contributed by atoms with Crippen LogP contribution < -0.4 is 9.47 Å². The van der Waals surface area contributed by atoms with Crippen molar-refractivity contribution in [3.05, 3.63) is 53.9 Å². The highest BCUT2D eigenvalue weighted by Gasteiger charge is 2.24. The minimum Gasteiger partial charge on any atom is -0.493 e. The van der Waals surface area contributed by atoms with Crippen LogP contribution in [0.1, 0.15) is 11.1 Å². The summed E-state index contributed by atoms with van der Waals surface area (Å²) in [6.45, 7) is 0.649. The van der Waals surface area contributed by atoms with E-state index < -0.39 is 5.97 Å². The van der Waals surface area contributed by atoms with Gasteiger partial charge in [-0.3, -0.25) is 9.59 Å². The second kappa shape index (κ2) is 9.83. The summed E-state index contributed by atoms with van der Waals surface area (Å²) in [5.41, 5.74) is 4.03. The number of rotatable bonds is 7. The lowest BCUT2D eigenvalue weighted by Crippen LogP contribution is -2.38. The quantitative estimate of drug-likeness (QED) is 0.217. The number of methoxy groups -OCH3 is 2. The molecule has 1 aliphatic rings. The van der Waals surface area contributed by atoms with Crippen molar-refractivity contribution < 1.29 is 28.2 Å². The zero-order chi connectivity index (χ0) is 24.4. The zero-order valence-electron chi connectivity index (χ0n) is 19.3. The van der Waals surface area contributed by atoms with Gasteiger partial charge in [-0.25, -0.2) is 9.97 Å². The van der Waals surface area contributed by atoms with Gasteiger partial charge in [-0.15, -0.1) is 0 Å². The summed E-state index contributed by atoms with van der Waals surface area (Å²) >= 11 is 1.19. The summed E-state index contributed by atoms with van der Waals surface area (Å²) in [6, 6.07) is 11.4. The molecule has 0 saturated carbocycles. The number of fused-ring (bicyclic) bond motifs is 4. The molecule has 9 nitrogen and oxygen atoms in total. The number of nitrogens with zero attached hydrogens (tertiary/aromatic N) is 3. The Bertz CT molecular complexity index is 1420. The van der Waals surface area contributed by atoms with Crippen LogP contribution in [0.15, 0.2) is 52.2 Å². The number of ether oxygens (including phenoxy) is 3. The third-order valence-electron chi connectivity index (χ3n) is 5.88. The third kappa shape index (κ3) is 4.61. The molecule has 0 saturated heterocycles. The fourth-order valence-corrected chi connectivity index (χ4v) is 4.83. The maximum atomic E-state index is 12.7. The van der Waals surface area contributed by atoms with Gasteiger partial charge in [0.15, 0.2) is 23.7 Å². The van der Waals surface area contributed by atoms with E-state index in [-0.39, 0.29) is 18.3 Å². The first-order chi connectivity index (χ1) is 17.1. The molecule has 2 aromatic carbocycles. The number of para-hydroxylation sites is 1. The van der Waals surface area contributed by atoms with Gasteiger partial charge in [0.1, 0.15) is 22.5 Å². The SMILES string of the molecule is COc1cc2c(cc1OC)CN(C(=O)COC(=O)CSc1ncnc3c1oc1ccccc13)CC2. The molecule has 35 heavy (non-hydrogen) atoms. The van der Waals surface area contributed by atoms with Crippen LogP contribution in [0.3, 0.4) is 0 Å². The number of esters is 1. The second-order valence-corrected chi connectivity index (χ2v) is 8.91. The van der Waals surface area contributed by atoms with Crippen molar-refractivity contribution in [2.24, 2.45) is 0 Å². The van der Waals surface area contributed by atoms with Crippen molar-refractivity contribution in [1.82, 2.24) is 14.9 Å². The molecule has 0 fully saturated rings. The molecule has 1 amide bonds. The predicted octanol–water partition coefficient (Wildman–Crippen LogP) is 3.61. The maximum Gasteiger partial charge on any atom is 0.316 e. The van der Waals surface area contributed by atoms with Crippen molar-refractivity contribution in [3.63, 3.8) is 0 Å². The molecule has 5 rings (SSSR count). The van der Waals surface area contributed by atoms with Crippen molar-refractivity contribution in [2.45, 2.75) is 18.0 Å². The summed E-state index contributed by atoms with van der Waals surface area (Å²) in [5.74, 6) is 0.532. The summed E-state index contributed by atoms with van der Waals surface area (Å²) in [5, 5.41) is 1.44. The average molecular weight is 494 g/mol. The number of furan rings is 1. The molecule has 2 aromatic heterocycles. The van der Waals surface area contributed by atoms with Gasteiger partial charge < -0.3 is 23.5 Å². The fourth-order valence-electron chi connectivity index (χ4n) is 4.10. The smallest absolute Gasteiger partial charge is 0.316 e. The van der Waals surface area contributed by atoms with Crippen LogP contribution in [-0.2, 0) is 27.3 Å². The Hall–Kier alpha value is -3.79. The first-order valence-corrected chi connectivity index (χ1v) is 12.0. The van der Waals surface area contributed by atoms with Gasteiger partial charge in [0, 0.05) is 18.5 Å². The molecule has 0 unspecified atom stereocenters. The summed E-state index contributed by atoms with van der Waals surface area (Å²) in [6.07, 6.45) is 2.13. The zero-order valence-corrected chi connectivity index (χ0v) is 20.1. The number of hydrogen-bond acceptors (Lipinski definition) is 9. The van der Waals surface area contributed by atoms with Gasteiger partial charge in [0.25, 0.3) is 5.91 Å². The molecule has 0 bridgehead atoms. The van der Waals surface area contributed by atoms with Gasteiger partial charge in [0.05, 0.1) is 20.0 Å². The van der Waals surface area contributed by atoms with Crippen LogP contribution >= 0.6 is 11.8 Å². The monoisotopic (exact) mass is 493 g/mol. The Kier molecular flexibility index (Phi) is 6.45. The Labute approximate surface area is 205 Å². The van der Waals surface area contributed by atoms with Crippen LogP contribution in [0, 0.1) is 0 Å². The number of amides is 1. The molecule has 0 N–H and O–H groups in total. The van der Waals surface area contributed by atoms with Crippen molar-refractivity contribution in [2.75, 3.05) is 33.1 Å². The largest absolute Gasteiger partial charge is 0.493 e. The van der Waals surface area contributed by atoms with E-state index in [1.54, 1.807) is 19.1 Å². The van der Waals surface area contributed by atoms with E-state index >= 15 is 0 Å². The van der Waals surface area contributed by atoms with E-state index in [1.807, 2.05) is 36.4 Å².